The molecule has 4 rings (SSSR count). The van der Waals surface area contributed by atoms with E-state index in [0.29, 0.717) is 17.9 Å². The molecule has 0 unspecified atom stereocenters. The molecule has 2 aromatic carbocycles. The summed E-state index contributed by atoms with van der Waals surface area (Å²) in [6.45, 7) is 1.98. The van der Waals surface area contributed by atoms with Crippen molar-refractivity contribution in [1.82, 2.24) is 0 Å². The van der Waals surface area contributed by atoms with Gasteiger partial charge < -0.3 is 15.0 Å². The van der Waals surface area contributed by atoms with Crippen LogP contribution in [0.5, 0.6) is 5.75 Å². The lowest BCUT2D eigenvalue weighted by Gasteiger charge is -2.22. The highest BCUT2D eigenvalue weighted by atomic mass is 32.2. The lowest BCUT2D eigenvalue weighted by Crippen LogP contribution is -2.36. The van der Waals surface area contributed by atoms with E-state index >= 15 is 0 Å². The third kappa shape index (κ3) is 4.58. The molecule has 0 saturated heterocycles. The molecule has 2 aliphatic rings. The number of nitrogens with zero attached hydrogens (tertiary/aromatic N) is 1. The number of methoxy groups -OCH3 is 1. The van der Waals surface area contributed by atoms with Crippen LogP contribution in [0.2, 0.25) is 0 Å². The van der Waals surface area contributed by atoms with Gasteiger partial charge in [-0.3, -0.25) is 9.59 Å². The van der Waals surface area contributed by atoms with Crippen LogP contribution in [0.4, 0.5) is 11.4 Å². The molecule has 2 amide bonds. The molecule has 0 spiro atoms. The van der Waals surface area contributed by atoms with Gasteiger partial charge in [0.25, 0.3) is 0 Å². The van der Waals surface area contributed by atoms with E-state index < -0.39 is 9.84 Å². The Bertz CT molecular complexity index is 1110. The molecule has 8 heteroatoms. The van der Waals surface area contributed by atoms with Crippen LogP contribution in [0.3, 0.4) is 0 Å². The van der Waals surface area contributed by atoms with Crippen LogP contribution in [-0.4, -0.2) is 39.1 Å². The number of carbonyl (C=O) groups excluding carboxylic acids is 2. The van der Waals surface area contributed by atoms with Crippen LogP contribution in [-0.2, 0) is 25.8 Å². The number of carbonyl (C=O) groups is 2. The summed E-state index contributed by atoms with van der Waals surface area (Å²) in [6, 6.07) is 11.8. The van der Waals surface area contributed by atoms with Gasteiger partial charge in [0.05, 0.1) is 17.8 Å². The van der Waals surface area contributed by atoms with Crippen molar-refractivity contribution < 1.29 is 22.7 Å². The topological polar surface area (TPSA) is 92.8 Å². The van der Waals surface area contributed by atoms with Gasteiger partial charge in [0.1, 0.15) is 5.75 Å². The minimum Gasteiger partial charge on any atom is -0.497 e. The Kier molecular flexibility index (Phi) is 5.75. The Morgan fingerprint density at radius 2 is 1.84 bits per heavy atom. The largest absolute Gasteiger partial charge is 0.497 e. The van der Waals surface area contributed by atoms with Crippen molar-refractivity contribution >= 4 is 33.0 Å². The van der Waals surface area contributed by atoms with Crippen molar-refractivity contribution in [2.24, 2.45) is 5.92 Å². The van der Waals surface area contributed by atoms with Gasteiger partial charge in [-0.15, -0.1) is 0 Å². The second kappa shape index (κ2) is 8.34. The Labute approximate surface area is 182 Å². The summed E-state index contributed by atoms with van der Waals surface area (Å²) in [5.74, 6) is 0.264. The Morgan fingerprint density at radius 1 is 1.13 bits per heavy atom. The fourth-order valence-corrected chi connectivity index (χ4v) is 5.19. The average molecular weight is 443 g/mol. The van der Waals surface area contributed by atoms with Gasteiger partial charge in [0.15, 0.2) is 9.84 Å². The molecule has 0 bridgehead atoms. The molecule has 0 radical (unpaired) electrons. The number of nitrogens with one attached hydrogen (secondary N) is 1. The maximum absolute atomic E-state index is 12.8. The van der Waals surface area contributed by atoms with Gasteiger partial charge in [-0.1, -0.05) is 0 Å². The first-order chi connectivity index (χ1) is 14.8. The first kappa shape index (κ1) is 21.4. The van der Waals surface area contributed by atoms with Crippen molar-refractivity contribution in [1.29, 1.82) is 0 Å². The quantitative estimate of drug-likeness (QED) is 0.711. The molecule has 0 aromatic heterocycles. The molecular formula is C23H26N2O5S. The third-order valence-electron chi connectivity index (χ3n) is 5.76. The first-order valence-electron chi connectivity index (χ1n) is 10.4. The summed E-state index contributed by atoms with van der Waals surface area (Å²) in [5, 5.41) is 2.70. The highest BCUT2D eigenvalue weighted by molar-refractivity contribution is 7.91. The molecule has 7 nitrogen and oxygen atoms in total. The van der Waals surface area contributed by atoms with Gasteiger partial charge in [-0.25, -0.2) is 8.42 Å². The minimum atomic E-state index is -3.62. The summed E-state index contributed by atoms with van der Waals surface area (Å²) >= 11 is 0. The lowest BCUT2D eigenvalue weighted by atomic mass is 10.1. The number of anilines is 2. The number of hydrogen-bond donors (Lipinski definition) is 1. The van der Waals surface area contributed by atoms with Crippen LogP contribution in [0.15, 0.2) is 47.4 Å². The summed E-state index contributed by atoms with van der Waals surface area (Å²) < 4.78 is 30.7. The Balaban J connectivity index is 1.41. The normalized spacial score (nSPS) is 17.9. The molecule has 1 fully saturated rings. The predicted molar refractivity (Wildman–Crippen MR) is 118 cm³/mol. The zero-order valence-electron chi connectivity index (χ0n) is 17.6. The zero-order chi connectivity index (χ0) is 22.2. The smallest absolute Gasteiger partial charge is 0.230 e. The Morgan fingerprint density at radius 3 is 2.48 bits per heavy atom. The SMILES string of the molecule is COc1ccc(NC(=O)CCS(=O)(=O)c2ccc3c(c2)C[C@H](C)N3C(=O)C2CC2)cc1. The number of amides is 2. The van der Waals surface area contributed by atoms with Crippen molar-refractivity contribution in [3.63, 3.8) is 0 Å². The number of fused-ring (bicyclic) bond motifs is 1. The van der Waals surface area contributed by atoms with Crippen LogP contribution in [0.1, 0.15) is 31.7 Å². The molecule has 1 heterocycles. The van der Waals surface area contributed by atoms with E-state index in [1.54, 1.807) is 49.6 Å². The van der Waals surface area contributed by atoms with Crippen LogP contribution < -0.4 is 15.0 Å². The molecule has 31 heavy (non-hydrogen) atoms. The van der Waals surface area contributed by atoms with Gasteiger partial charge >= 0.3 is 0 Å². The molecular weight excluding hydrogens is 416 g/mol. The second-order valence-corrected chi connectivity index (χ2v) is 10.3. The van der Waals surface area contributed by atoms with Crippen molar-refractivity contribution in [2.45, 2.75) is 43.5 Å². The van der Waals surface area contributed by atoms with Crippen molar-refractivity contribution in [2.75, 3.05) is 23.1 Å². The number of rotatable bonds is 7. The van der Waals surface area contributed by atoms with E-state index in [9.17, 15) is 18.0 Å². The van der Waals surface area contributed by atoms with Gasteiger partial charge in [-0.2, -0.15) is 0 Å². The summed E-state index contributed by atoms with van der Waals surface area (Å²) in [6.07, 6.45) is 2.36. The molecule has 1 aliphatic heterocycles. The predicted octanol–water partition coefficient (Wildman–Crippen LogP) is 3.19. The van der Waals surface area contributed by atoms with E-state index in [4.69, 9.17) is 4.74 Å². The van der Waals surface area contributed by atoms with E-state index in [1.807, 2.05) is 11.8 Å². The maximum Gasteiger partial charge on any atom is 0.230 e. The number of hydrogen-bond acceptors (Lipinski definition) is 5. The number of ether oxygens (including phenoxy) is 1. The minimum absolute atomic E-state index is 0.0244. The van der Waals surface area contributed by atoms with Gasteiger partial charge in [-0.05, 0) is 74.2 Å². The first-order valence-corrected chi connectivity index (χ1v) is 12.1. The molecule has 1 atom stereocenters. The number of sulfone groups is 1. The van der Waals surface area contributed by atoms with E-state index in [-0.39, 0.29) is 40.8 Å². The van der Waals surface area contributed by atoms with Crippen LogP contribution >= 0.6 is 0 Å². The lowest BCUT2D eigenvalue weighted by molar-refractivity contribution is -0.120. The van der Waals surface area contributed by atoms with Crippen molar-refractivity contribution in [3.8, 4) is 5.75 Å². The number of benzene rings is 2. The fraction of sp³-hybridized carbons (Fsp3) is 0.391. The monoisotopic (exact) mass is 442 g/mol. The van der Waals surface area contributed by atoms with Crippen LogP contribution in [0, 0.1) is 5.92 Å². The Hall–Kier alpha value is -2.87. The standard InChI is InChI=1S/C23H26N2O5S/c1-15-13-17-14-20(9-10-21(17)25(15)23(27)16-3-4-16)31(28,29)12-11-22(26)24-18-5-7-19(30-2)8-6-18/h5-10,14-16H,3-4,11-13H2,1-2H3,(H,24,26)/t15-/m0/s1. The van der Waals surface area contributed by atoms with Crippen molar-refractivity contribution in [3.05, 3.63) is 48.0 Å². The van der Waals surface area contributed by atoms with E-state index in [0.717, 1.165) is 24.1 Å². The highest BCUT2D eigenvalue weighted by Crippen LogP contribution is 2.39. The summed E-state index contributed by atoms with van der Waals surface area (Å²) in [7, 11) is -2.07. The van der Waals surface area contributed by atoms with Gasteiger partial charge in [0, 0.05) is 29.8 Å². The fourth-order valence-electron chi connectivity index (χ4n) is 3.91. The van der Waals surface area contributed by atoms with Crippen LogP contribution in [0.25, 0.3) is 0 Å². The summed E-state index contributed by atoms with van der Waals surface area (Å²) in [5.41, 5.74) is 2.25. The molecule has 164 valence electrons. The average Bonchev–Trinajstić information content (AvgIpc) is 3.54. The molecule has 1 saturated carbocycles. The third-order valence-corrected chi connectivity index (χ3v) is 7.48. The maximum atomic E-state index is 12.8. The molecule has 2 aromatic rings. The highest BCUT2D eigenvalue weighted by Gasteiger charge is 2.39. The zero-order valence-corrected chi connectivity index (χ0v) is 18.4. The molecule has 1 aliphatic carbocycles. The summed E-state index contributed by atoms with van der Waals surface area (Å²) in [4.78, 5) is 26.8. The molecule has 1 N–H and O–H groups in total. The van der Waals surface area contributed by atoms with Gasteiger partial charge in [0.2, 0.25) is 11.8 Å². The van der Waals surface area contributed by atoms with E-state index in [2.05, 4.69) is 5.32 Å². The van der Waals surface area contributed by atoms with E-state index in [1.165, 1.54) is 0 Å². The second-order valence-electron chi connectivity index (χ2n) is 8.17.